The van der Waals surface area contributed by atoms with E-state index >= 15 is 0 Å². The molecule has 0 aliphatic heterocycles. The first-order valence-electron chi connectivity index (χ1n) is 20.7. The molecular weight excluding hydrogens is 785 g/mol. The zero-order valence-electron chi connectivity index (χ0n) is 34.2. The molecule has 0 radical (unpaired) electrons. The van der Waals surface area contributed by atoms with Crippen molar-refractivity contribution in [2.24, 2.45) is 0 Å². The molecule has 0 spiro atoms. The topological polar surface area (TPSA) is 125 Å². The maximum absolute atomic E-state index is 10.6. The number of benzene rings is 8. The van der Waals surface area contributed by atoms with Crippen molar-refractivity contribution in [2.75, 3.05) is 0 Å². The van der Waals surface area contributed by atoms with Gasteiger partial charge in [-0.05, 0) is 57.6 Å². The number of nitrogens with zero attached hydrogens (tertiary/aromatic N) is 8. The monoisotopic (exact) mass is 818 g/mol. The van der Waals surface area contributed by atoms with Gasteiger partial charge in [-0.3, -0.25) is 0 Å². The van der Waals surface area contributed by atoms with Gasteiger partial charge in [0.1, 0.15) is 0 Å². The van der Waals surface area contributed by atoms with Crippen LogP contribution in [0, 0.1) is 22.7 Å². The second kappa shape index (κ2) is 17.4. The van der Waals surface area contributed by atoms with Crippen molar-refractivity contribution in [2.45, 2.75) is 0 Å². The standard InChI is InChI=1S/C56H34N8/c57-35-43-33-41(29-31-47(43)55-61-51(37-17-5-1-6-18-37)59-52(62-55)38-19-7-2-8-20-38)45-25-13-15-27-49(45)50-28-16-14-26-46(50)42-30-32-48(44(34-42)36-58)56-63-53(39-21-9-3-10-22-39)60-54(64-56)40-23-11-4-12-24-40/h1-34H. The molecule has 0 amide bonds. The molecule has 0 saturated carbocycles. The minimum absolute atomic E-state index is 0.413. The van der Waals surface area contributed by atoms with Crippen molar-refractivity contribution < 1.29 is 0 Å². The molecule has 8 aromatic carbocycles. The summed E-state index contributed by atoms with van der Waals surface area (Å²) in [5, 5.41) is 21.3. The third-order valence-corrected chi connectivity index (χ3v) is 10.9. The highest BCUT2D eigenvalue weighted by molar-refractivity contribution is 5.93. The molecule has 0 saturated heterocycles. The van der Waals surface area contributed by atoms with E-state index in [0.717, 1.165) is 55.6 Å². The molecule has 2 aromatic heterocycles. The third-order valence-electron chi connectivity index (χ3n) is 10.9. The van der Waals surface area contributed by atoms with Gasteiger partial charge in [0.15, 0.2) is 34.9 Å². The largest absolute Gasteiger partial charge is 0.208 e. The summed E-state index contributed by atoms with van der Waals surface area (Å²) in [5.41, 5.74) is 11.0. The number of aromatic nitrogens is 6. The maximum Gasteiger partial charge on any atom is 0.165 e. The van der Waals surface area contributed by atoms with Gasteiger partial charge in [-0.2, -0.15) is 10.5 Å². The van der Waals surface area contributed by atoms with Crippen LogP contribution in [0.4, 0.5) is 0 Å². The number of nitriles is 2. The van der Waals surface area contributed by atoms with E-state index in [1.807, 2.05) is 182 Å². The molecule has 8 nitrogen and oxygen atoms in total. The average molecular weight is 819 g/mol. The lowest BCUT2D eigenvalue weighted by Crippen LogP contribution is -2.01. The van der Waals surface area contributed by atoms with Crippen molar-refractivity contribution in [1.82, 2.24) is 29.9 Å². The highest BCUT2D eigenvalue weighted by Gasteiger charge is 2.20. The zero-order chi connectivity index (χ0) is 43.2. The molecule has 10 aromatic rings. The molecule has 0 bridgehead atoms. The predicted octanol–water partition coefficient (Wildman–Crippen LogP) is 12.8. The first kappa shape index (κ1) is 38.9. The molecule has 0 fully saturated rings. The van der Waals surface area contributed by atoms with Gasteiger partial charge in [-0.15, -0.1) is 0 Å². The van der Waals surface area contributed by atoms with Crippen molar-refractivity contribution in [1.29, 1.82) is 10.5 Å². The summed E-state index contributed by atoms with van der Waals surface area (Å²) in [7, 11) is 0. The number of hydrogen-bond acceptors (Lipinski definition) is 8. The van der Waals surface area contributed by atoms with Gasteiger partial charge >= 0.3 is 0 Å². The van der Waals surface area contributed by atoms with E-state index in [1.54, 1.807) is 0 Å². The van der Waals surface area contributed by atoms with Crippen LogP contribution in [0.25, 0.3) is 102 Å². The number of rotatable bonds is 9. The Balaban J connectivity index is 1.04. The van der Waals surface area contributed by atoms with E-state index in [4.69, 9.17) is 29.9 Å². The Morgan fingerprint density at radius 3 is 0.797 bits per heavy atom. The second-order valence-corrected chi connectivity index (χ2v) is 14.9. The molecule has 64 heavy (non-hydrogen) atoms. The maximum atomic E-state index is 10.6. The van der Waals surface area contributed by atoms with Crippen LogP contribution in [0.5, 0.6) is 0 Å². The Bertz CT molecular complexity index is 3050. The highest BCUT2D eigenvalue weighted by atomic mass is 15.0. The van der Waals surface area contributed by atoms with Gasteiger partial charge in [0.05, 0.1) is 23.3 Å². The van der Waals surface area contributed by atoms with Crippen molar-refractivity contribution in [3.8, 4) is 114 Å². The lowest BCUT2D eigenvalue weighted by atomic mass is 9.88. The average Bonchev–Trinajstić information content (AvgIpc) is 3.39. The lowest BCUT2D eigenvalue weighted by molar-refractivity contribution is 1.07. The van der Waals surface area contributed by atoms with E-state index in [0.29, 0.717) is 57.2 Å². The van der Waals surface area contributed by atoms with Crippen molar-refractivity contribution in [3.63, 3.8) is 0 Å². The zero-order valence-corrected chi connectivity index (χ0v) is 34.2. The summed E-state index contributed by atoms with van der Waals surface area (Å²) in [6, 6.07) is 71.9. The first-order valence-corrected chi connectivity index (χ1v) is 20.7. The minimum atomic E-state index is 0.413. The SMILES string of the molecule is N#Cc1cc(-c2ccccc2-c2ccccc2-c2ccc(-c3nc(-c4ccccc4)nc(-c4ccccc4)n3)c(C#N)c2)ccc1-c1nc(-c2ccccc2)nc(-c2ccccc2)n1. The molecular formula is C56H34N8. The van der Waals surface area contributed by atoms with Gasteiger partial charge in [0.25, 0.3) is 0 Å². The van der Waals surface area contributed by atoms with Gasteiger partial charge in [0, 0.05) is 33.4 Å². The summed E-state index contributed by atoms with van der Waals surface area (Å²) in [5.74, 6) is 2.92. The van der Waals surface area contributed by atoms with E-state index in [9.17, 15) is 10.5 Å². The Morgan fingerprint density at radius 2 is 0.500 bits per heavy atom. The third kappa shape index (κ3) is 7.78. The van der Waals surface area contributed by atoms with Gasteiger partial charge < -0.3 is 0 Å². The van der Waals surface area contributed by atoms with E-state index in [2.05, 4.69) is 36.4 Å². The first-order chi connectivity index (χ1) is 31.6. The molecule has 10 rings (SSSR count). The smallest absolute Gasteiger partial charge is 0.165 e. The highest BCUT2D eigenvalue weighted by Crippen LogP contribution is 2.40. The Morgan fingerprint density at radius 1 is 0.234 bits per heavy atom. The molecule has 0 atom stereocenters. The van der Waals surface area contributed by atoms with Gasteiger partial charge in [-0.1, -0.05) is 182 Å². The molecule has 0 N–H and O–H groups in total. The van der Waals surface area contributed by atoms with Gasteiger partial charge in [-0.25, -0.2) is 29.9 Å². The van der Waals surface area contributed by atoms with Crippen LogP contribution < -0.4 is 0 Å². The fraction of sp³-hybridized carbons (Fsp3) is 0. The molecule has 298 valence electrons. The normalized spacial score (nSPS) is 10.8. The molecule has 8 heteroatoms. The lowest BCUT2D eigenvalue weighted by Gasteiger charge is -2.16. The van der Waals surface area contributed by atoms with Crippen LogP contribution in [-0.4, -0.2) is 29.9 Å². The quantitative estimate of drug-likeness (QED) is 0.141. The summed E-state index contributed by atoms with van der Waals surface area (Å²) in [6.07, 6.45) is 0. The molecule has 0 unspecified atom stereocenters. The molecule has 2 heterocycles. The van der Waals surface area contributed by atoms with Crippen LogP contribution in [0.3, 0.4) is 0 Å². The minimum Gasteiger partial charge on any atom is -0.208 e. The van der Waals surface area contributed by atoms with Gasteiger partial charge in [0.2, 0.25) is 0 Å². The van der Waals surface area contributed by atoms with E-state index in [-0.39, 0.29) is 0 Å². The fourth-order valence-corrected chi connectivity index (χ4v) is 7.80. The van der Waals surface area contributed by atoms with E-state index < -0.39 is 0 Å². The number of hydrogen-bond donors (Lipinski definition) is 0. The Hall–Kier alpha value is -9.24. The van der Waals surface area contributed by atoms with Crippen LogP contribution in [0.1, 0.15) is 11.1 Å². The summed E-state index contributed by atoms with van der Waals surface area (Å²) >= 11 is 0. The Labute approximate surface area is 370 Å². The van der Waals surface area contributed by atoms with Crippen LogP contribution in [0.2, 0.25) is 0 Å². The Kier molecular flexibility index (Phi) is 10.6. The van der Waals surface area contributed by atoms with Crippen molar-refractivity contribution >= 4 is 0 Å². The molecule has 0 aliphatic rings. The van der Waals surface area contributed by atoms with Crippen molar-refractivity contribution in [3.05, 3.63) is 217 Å². The van der Waals surface area contributed by atoms with E-state index in [1.165, 1.54) is 0 Å². The summed E-state index contributed by atoms with van der Waals surface area (Å²) in [4.78, 5) is 29.2. The summed E-state index contributed by atoms with van der Waals surface area (Å²) in [6.45, 7) is 0. The van der Waals surface area contributed by atoms with Crippen LogP contribution in [0.15, 0.2) is 206 Å². The second-order valence-electron chi connectivity index (χ2n) is 14.9. The predicted molar refractivity (Wildman–Crippen MR) is 252 cm³/mol. The van der Waals surface area contributed by atoms with Crippen LogP contribution >= 0.6 is 0 Å². The summed E-state index contributed by atoms with van der Waals surface area (Å²) < 4.78 is 0. The molecule has 0 aliphatic carbocycles. The fourth-order valence-electron chi connectivity index (χ4n) is 7.80. The van der Waals surface area contributed by atoms with Crippen LogP contribution in [-0.2, 0) is 0 Å².